The number of hydrogen-bond donors (Lipinski definition) is 2. The molecule has 3 amide bonds. The number of hydrogen-bond acceptors (Lipinski definition) is 6. The van der Waals surface area contributed by atoms with E-state index < -0.39 is 30.0 Å². The number of methoxy groups -OCH3 is 2. The topological polar surface area (TPSA) is 106 Å². The monoisotopic (exact) mass is 521 g/mol. The minimum Gasteiger partial charge on any atom is -0.497 e. The minimum atomic E-state index is -0.940. The van der Waals surface area contributed by atoms with Crippen molar-refractivity contribution in [3.05, 3.63) is 95.3 Å². The number of anilines is 1. The Labute approximate surface area is 219 Å². The van der Waals surface area contributed by atoms with Crippen LogP contribution in [0.25, 0.3) is 0 Å². The van der Waals surface area contributed by atoms with Gasteiger partial charge in [-0.25, -0.2) is 9.18 Å². The molecule has 10 heteroatoms. The fraction of sp³-hybridized carbons (Fsp3) is 0.250. The maximum absolute atomic E-state index is 13.2. The maximum Gasteiger partial charge on any atom is 0.411 e. The zero-order valence-corrected chi connectivity index (χ0v) is 21.0. The summed E-state index contributed by atoms with van der Waals surface area (Å²) in [7, 11) is 3.08. The van der Waals surface area contributed by atoms with Crippen molar-refractivity contribution in [2.75, 3.05) is 32.7 Å². The molecule has 0 spiro atoms. The van der Waals surface area contributed by atoms with Crippen LogP contribution in [-0.4, -0.2) is 56.2 Å². The molecule has 2 N–H and O–H groups in total. The molecule has 0 aromatic heterocycles. The van der Waals surface area contributed by atoms with Crippen LogP contribution in [0.1, 0.15) is 27.6 Å². The van der Waals surface area contributed by atoms with E-state index in [9.17, 15) is 18.8 Å². The summed E-state index contributed by atoms with van der Waals surface area (Å²) in [5, 5.41) is 5.54. The van der Waals surface area contributed by atoms with Crippen molar-refractivity contribution >= 4 is 23.6 Å². The van der Waals surface area contributed by atoms with Crippen molar-refractivity contribution in [3.8, 4) is 5.75 Å². The first-order valence-corrected chi connectivity index (χ1v) is 11.9. The van der Waals surface area contributed by atoms with Crippen LogP contribution < -0.4 is 15.4 Å². The molecule has 0 saturated carbocycles. The van der Waals surface area contributed by atoms with Crippen molar-refractivity contribution in [3.63, 3.8) is 0 Å². The summed E-state index contributed by atoms with van der Waals surface area (Å²) in [4.78, 5) is 40.0. The lowest BCUT2D eigenvalue weighted by atomic mass is 10.00. The van der Waals surface area contributed by atoms with Crippen LogP contribution >= 0.6 is 0 Å². The highest BCUT2D eigenvalue weighted by Crippen LogP contribution is 2.35. The van der Waals surface area contributed by atoms with Gasteiger partial charge in [-0.15, -0.1) is 0 Å². The van der Waals surface area contributed by atoms with E-state index >= 15 is 0 Å². The summed E-state index contributed by atoms with van der Waals surface area (Å²) in [6, 6.07) is 18.1. The van der Waals surface area contributed by atoms with Crippen molar-refractivity contribution < 1.29 is 33.0 Å². The number of amides is 3. The molecule has 1 heterocycles. The first kappa shape index (κ1) is 26.6. The van der Waals surface area contributed by atoms with Crippen LogP contribution in [0, 0.1) is 5.82 Å². The molecule has 198 valence electrons. The Morgan fingerprint density at radius 2 is 1.76 bits per heavy atom. The number of ether oxygens (including phenoxy) is 3. The molecule has 0 bridgehead atoms. The second-order valence-corrected chi connectivity index (χ2v) is 8.60. The Kier molecular flexibility index (Phi) is 8.55. The van der Waals surface area contributed by atoms with Gasteiger partial charge in [-0.2, -0.15) is 0 Å². The van der Waals surface area contributed by atoms with E-state index in [1.807, 2.05) is 6.07 Å². The molecule has 0 radical (unpaired) electrons. The van der Waals surface area contributed by atoms with Gasteiger partial charge >= 0.3 is 6.09 Å². The molecule has 3 aromatic rings. The molecule has 1 fully saturated rings. The molecule has 0 aliphatic carbocycles. The quantitative estimate of drug-likeness (QED) is 0.392. The predicted molar refractivity (Wildman–Crippen MR) is 137 cm³/mol. The lowest BCUT2D eigenvalue weighted by molar-refractivity contribution is -0.126. The lowest BCUT2D eigenvalue weighted by Gasteiger charge is -2.24. The zero-order chi connectivity index (χ0) is 27.1. The van der Waals surface area contributed by atoms with Gasteiger partial charge < -0.3 is 24.8 Å². The van der Waals surface area contributed by atoms with Gasteiger partial charge in [-0.05, 0) is 59.7 Å². The van der Waals surface area contributed by atoms with Gasteiger partial charge in [0.05, 0.1) is 20.3 Å². The first-order valence-electron chi connectivity index (χ1n) is 11.9. The molecule has 2 atom stereocenters. The fourth-order valence-electron chi connectivity index (χ4n) is 4.12. The van der Waals surface area contributed by atoms with Gasteiger partial charge in [-0.1, -0.05) is 24.3 Å². The lowest BCUT2D eigenvalue weighted by Crippen LogP contribution is -2.47. The smallest absolute Gasteiger partial charge is 0.411 e. The number of nitrogens with one attached hydrogen (secondary N) is 2. The van der Waals surface area contributed by atoms with Gasteiger partial charge in [0.1, 0.15) is 11.6 Å². The molecule has 0 unspecified atom stereocenters. The van der Waals surface area contributed by atoms with E-state index in [1.165, 1.54) is 36.3 Å². The Morgan fingerprint density at radius 1 is 1.03 bits per heavy atom. The van der Waals surface area contributed by atoms with Crippen LogP contribution in [0.4, 0.5) is 14.9 Å². The molecule has 3 aromatic carbocycles. The number of nitrogens with zero attached hydrogens (tertiary/aromatic N) is 1. The van der Waals surface area contributed by atoms with Crippen LogP contribution in [0.15, 0.2) is 72.8 Å². The molecule has 4 rings (SSSR count). The average molecular weight is 522 g/mol. The normalized spacial score (nSPS) is 16.6. The summed E-state index contributed by atoms with van der Waals surface area (Å²) >= 11 is 0. The molecule has 9 nitrogen and oxygen atoms in total. The van der Waals surface area contributed by atoms with Gasteiger partial charge in [0.25, 0.3) is 5.91 Å². The molecule has 1 saturated heterocycles. The standard InChI is InChI=1S/C28H28FN3O6/c1-36-15-14-30-27(34)24-25(38-28(35)32(24)17-18-4-3-5-23(16-18)37-2)19-8-12-22(13-9-19)31-26(33)20-6-10-21(29)11-7-20/h3-13,16,24-25H,14-15,17H2,1-2H3,(H,30,34)(H,31,33)/t24-,25-/m1/s1. The number of carbonyl (C=O) groups is 3. The highest BCUT2D eigenvalue weighted by Gasteiger charge is 2.46. The molecular formula is C28H28FN3O6. The summed E-state index contributed by atoms with van der Waals surface area (Å²) in [5.41, 5.74) is 2.15. The van der Waals surface area contributed by atoms with Crippen LogP contribution in [0.3, 0.4) is 0 Å². The summed E-state index contributed by atoms with van der Waals surface area (Å²) in [6.45, 7) is 0.727. The first-order chi connectivity index (χ1) is 18.4. The third kappa shape index (κ3) is 6.27. The number of cyclic esters (lactones) is 1. The Morgan fingerprint density at radius 3 is 2.45 bits per heavy atom. The van der Waals surface area contributed by atoms with Gasteiger partial charge in [-0.3, -0.25) is 14.5 Å². The van der Waals surface area contributed by atoms with Gasteiger partial charge in [0.2, 0.25) is 5.91 Å². The van der Waals surface area contributed by atoms with Gasteiger partial charge in [0.15, 0.2) is 12.1 Å². The maximum atomic E-state index is 13.2. The minimum absolute atomic E-state index is 0.140. The SMILES string of the molecule is COCCNC(=O)[C@H]1[C@@H](c2ccc(NC(=O)c3ccc(F)cc3)cc2)OC(=O)N1Cc1cccc(OC)c1. The van der Waals surface area contributed by atoms with Crippen LogP contribution in [0.2, 0.25) is 0 Å². The largest absolute Gasteiger partial charge is 0.497 e. The molecule has 1 aliphatic rings. The predicted octanol–water partition coefficient (Wildman–Crippen LogP) is 3.91. The molecular weight excluding hydrogens is 493 g/mol. The average Bonchev–Trinajstić information content (AvgIpc) is 3.25. The summed E-state index contributed by atoms with van der Waals surface area (Å²) in [6.07, 6.45) is -1.50. The zero-order valence-electron chi connectivity index (χ0n) is 21.0. The van der Waals surface area contributed by atoms with Crippen molar-refractivity contribution in [1.82, 2.24) is 10.2 Å². The van der Waals surface area contributed by atoms with Crippen molar-refractivity contribution in [2.24, 2.45) is 0 Å². The second-order valence-electron chi connectivity index (χ2n) is 8.60. The summed E-state index contributed by atoms with van der Waals surface area (Å²) in [5.74, 6) is -0.580. The molecule has 1 aliphatic heterocycles. The highest BCUT2D eigenvalue weighted by atomic mass is 19.1. The number of carbonyl (C=O) groups excluding carboxylic acids is 3. The van der Waals surface area contributed by atoms with E-state index in [-0.39, 0.29) is 19.0 Å². The van der Waals surface area contributed by atoms with E-state index in [1.54, 1.807) is 49.6 Å². The molecule has 38 heavy (non-hydrogen) atoms. The second kappa shape index (κ2) is 12.2. The van der Waals surface area contributed by atoms with E-state index in [0.717, 1.165) is 5.56 Å². The van der Waals surface area contributed by atoms with E-state index in [0.29, 0.717) is 29.2 Å². The highest BCUT2D eigenvalue weighted by molar-refractivity contribution is 6.04. The van der Waals surface area contributed by atoms with Crippen LogP contribution in [0.5, 0.6) is 5.75 Å². The van der Waals surface area contributed by atoms with Crippen LogP contribution in [-0.2, 0) is 20.8 Å². The Hall–Kier alpha value is -4.44. The number of benzene rings is 3. The summed E-state index contributed by atoms with van der Waals surface area (Å²) < 4.78 is 29.1. The Bertz CT molecular complexity index is 1280. The number of rotatable bonds is 10. The van der Waals surface area contributed by atoms with Crippen molar-refractivity contribution in [2.45, 2.75) is 18.7 Å². The van der Waals surface area contributed by atoms with E-state index in [4.69, 9.17) is 14.2 Å². The third-order valence-corrected chi connectivity index (χ3v) is 6.05. The Balaban J connectivity index is 1.54. The van der Waals surface area contributed by atoms with Crippen molar-refractivity contribution in [1.29, 1.82) is 0 Å². The number of halogens is 1. The van der Waals surface area contributed by atoms with E-state index in [2.05, 4.69) is 10.6 Å². The fourth-order valence-corrected chi connectivity index (χ4v) is 4.12. The van der Waals surface area contributed by atoms with Gasteiger partial charge in [0, 0.05) is 24.9 Å². The third-order valence-electron chi connectivity index (χ3n) is 6.05.